The summed E-state index contributed by atoms with van der Waals surface area (Å²) in [6, 6.07) is 3.30. The van der Waals surface area contributed by atoms with Gasteiger partial charge in [0, 0.05) is 10.5 Å². The molecule has 0 aliphatic heterocycles. The minimum absolute atomic E-state index is 0.162. The summed E-state index contributed by atoms with van der Waals surface area (Å²) in [5.74, 6) is 0.551. The maximum Gasteiger partial charge on any atom is 0.242 e. The van der Waals surface area contributed by atoms with E-state index in [1.807, 2.05) is 0 Å². The maximum atomic E-state index is 11.4. The summed E-state index contributed by atoms with van der Waals surface area (Å²) in [5, 5.41) is 0. The number of anilines is 1. The van der Waals surface area contributed by atoms with Gasteiger partial charge >= 0.3 is 0 Å². The van der Waals surface area contributed by atoms with Gasteiger partial charge in [-0.15, -0.1) is 0 Å². The highest BCUT2D eigenvalue weighted by Gasteiger charge is 2.13. The molecular formula is C8H8Br3NO3S. The van der Waals surface area contributed by atoms with E-state index in [0.717, 1.165) is 4.47 Å². The monoisotopic (exact) mass is 435 g/mol. The Labute approximate surface area is 119 Å². The van der Waals surface area contributed by atoms with Crippen molar-refractivity contribution in [2.45, 2.75) is 0 Å². The Balaban J connectivity index is 3.15. The Bertz CT molecular complexity index is 490. The van der Waals surface area contributed by atoms with Crippen LogP contribution in [0, 0.1) is 0 Å². The van der Waals surface area contributed by atoms with Gasteiger partial charge in [-0.1, -0.05) is 15.9 Å². The summed E-state index contributed by atoms with van der Waals surface area (Å²) in [4.78, 5) is 0. The van der Waals surface area contributed by atoms with Crippen LogP contribution in [0.15, 0.2) is 21.1 Å². The molecule has 0 aliphatic rings. The molecule has 90 valence electrons. The minimum atomic E-state index is -3.37. The Morgan fingerprint density at radius 2 is 1.94 bits per heavy atom. The van der Waals surface area contributed by atoms with Gasteiger partial charge < -0.3 is 4.74 Å². The molecule has 0 saturated heterocycles. The van der Waals surface area contributed by atoms with Gasteiger partial charge in [0.25, 0.3) is 0 Å². The van der Waals surface area contributed by atoms with Crippen molar-refractivity contribution in [1.82, 2.24) is 0 Å². The summed E-state index contributed by atoms with van der Waals surface area (Å²) < 4.78 is 31.4. The van der Waals surface area contributed by atoms with Crippen LogP contribution in [0.5, 0.6) is 5.75 Å². The highest BCUT2D eigenvalue weighted by Crippen LogP contribution is 2.35. The fraction of sp³-hybridized carbons (Fsp3) is 0.250. The second-order valence-electron chi connectivity index (χ2n) is 2.79. The number of hydrogen-bond donors (Lipinski definition) is 1. The molecule has 16 heavy (non-hydrogen) atoms. The molecule has 0 spiro atoms. The quantitative estimate of drug-likeness (QED) is 0.735. The topological polar surface area (TPSA) is 55.4 Å². The van der Waals surface area contributed by atoms with Crippen LogP contribution in [0.4, 0.5) is 5.69 Å². The molecule has 0 heterocycles. The molecule has 1 rings (SSSR count). The number of halogens is 3. The highest BCUT2D eigenvalue weighted by atomic mass is 79.9. The average Bonchev–Trinajstić information content (AvgIpc) is 2.22. The van der Waals surface area contributed by atoms with Crippen LogP contribution in [-0.4, -0.2) is 20.2 Å². The predicted molar refractivity (Wildman–Crippen MR) is 74.7 cm³/mol. The molecular weight excluding hydrogens is 430 g/mol. The molecule has 0 saturated carbocycles. The van der Waals surface area contributed by atoms with Crippen LogP contribution in [0.3, 0.4) is 0 Å². The number of nitrogens with one attached hydrogen (secondary N) is 1. The normalized spacial score (nSPS) is 11.2. The van der Waals surface area contributed by atoms with Crippen LogP contribution in [0.25, 0.3) is 0 Å². The molecule has 0 radical (unpaired) electrons. The van der Waals surface area contributed by atoms with Crippen molar-refractivity contribution in [2.75, 3.05) is 16.5 Å². The fourth-order valence-corrected chi connectivity index (χ4v) is 3.25. The molecule has 1 N–H and O–H groups in total. The number of rotatable bonds is 4. The van der Waals surface area contributed by atoms with Crippen LogP contribution in [0.2, 0.25) is 0 Å². The lowest BCUT2D eigenvalue weighted by Crippen LogP contribution is -2.13. The zero-order chi connectivity index (χ0) is 12.3. The summed E-state index contributed by atoms with van der Waals surface area (Å²) in [6.07, 6.45) is 0. The van der Waals surface area contributed by atoms with Crippen molar-refractivity contribution in [3.8, 4) is 5.75 Å². The number of benzene rings is 1. The summed E-state index contributed by atoms with van der Waals surface area (Å²) >= 11 is 9.46. The van der Waals surface area contributed by atoms with Crippen LogP contribution >= 0.6 is 47.8 Å². The molecule has 4 nitrogen and oxygen atoms in total. The second kappa shape index (κ2) is 5.70. The van der Waals surface area contributed by atoms with E-state index in [4.69, 9.17) is 4.74 Å². The minimum Gasteiger partial charge on any atom is -0.495 e. The number of hydrogen-bond acceptors (Lipinski definition) is 3. The van der Waals surface area contributed by atoms with E-state index in [9.17, 15) is 8.42 Å². The molecule has 0 amide bonds. The van der Waals surface area contributed by atoms with Crippen molar-refractivity contribution < 1.29 is 13.2 Å². The van der Waals surface area contributed by atoms with Gasteiger partial charge in [0.05, 0.1) is 17.3 Å². The molecule has 0 fully saturated rings. The molecule has 0 atom stereocenters. The Morgan fingerprint density at radius 1 is 1.31 bits per heavy atom. The van der Waals surface area contributed by atoms with E-state index in [1.54, 1.807) is 12.1 Å². The van der Waals surface area contributed by atoms with Crippen molar-refractivity contribution in [2.24, 2.45) is 0 Å². The lowest BCUT2D eigenvalue weighted by molar-refractivity contribution is 0.412. The largest absolute Gasteiger partial charge is 0.495 e. The third kappa shape index (κ3) is 3.61. The van der Waals surface area contributed by atoms with Crippen molar-refractivity contribution >= 4 is 63.5 Å². The second-order valence-corrected chi connectivity index (χ2v) is 7.53. The summed E-state index contributed by atoms with van der Waals surface area (Å²) in [6.45, 7) is 0. The van der Waals surface area contributed by atoms with E-state index < -0.39 is 10.0 Å². The van der Waals surface area contributed by atoms with Gasteiger partial charge in [0.1, 0.15) is 10.4 Å². The zero-order valence-electron chi connectivity index (χ0n) is 8.13. The number of methoxy groups -OCH3 is 1. The molecule has 8 heteroatoms. The van der Waals surface area contributed by atoms with E-state index in [-0.39, 0.29) is 4.66 Å². The van der Waals surface area contributed by atoms with Crippen molar-refractivity contribution in [1.29, 1.82) is 0 Å². The maximum absolute atomic E-state index is 11.4. The van der Waals surface area contributed by atoms with Crippen LogP contribution < -0.4 is 9.46 Å². The molecule has 0 aromatic heterocycles. The summed E-state index contributed by atoms with van der Waals surface area (Å²) in [7, 11) is -1.86. The van der Waals surface area contributed by atoms with Gasteiger partial charge in [-0.2, -0.15) is 0 Å². The molecule has 0 aliphatic carbocycles. The van der Waals surface area contributed by atoms with Gasteiger partial charge in [-0.25, -0.2) is 8.42 Å². The molecule has 0 unspecified atom stereocenters. The fourth-order valence-electron chi connectivity index (χ4n) is 0.959. The van der Waals surface area contributed by atoms with Gasteiger partial charge in [0.2, 0.25) is 10.0 Å². The van der Waals surface area contributed by atoms with E-state index in [0.29, 0.717) is 15.9 Å². The molecule has 0 bridgehead atoms. The van der Waals surface area contributed by atoms with Gasteiger partial charge in [-0.3, -0.25) is 4.72 Å². The lowest BCUT2D eigenvalue weighted by atomic mass is 10.3. The van der Waals surface area contributed by atoms with Crippen molar-refractivity contribution in [3.05, 3.63) is 21.1 Å². The van der Waals surface area contributed by atoms with Crippen LogP contribution in [0.1, 0.15) is 0 Å². The van der Waals surface area contributed by atoms with E-state index in [2.05, 4.69) is 52.5 Å². The molecule has 1 aromatic rings. The first-order valence-electron chi connectivity index (χ1n) is 3.99. The summed E-state index contributed by atoms with van der Waals surface area (Å²) in [5.41, 5.74) is 0.430. The Kier molecular flexibility index (Phi) is 5.09. The zero-order valence-corrected chi connectivity index (χ0v) is 13.7. The van der Waals surface area contributed by atoms with Crippen molar-refractivity contribution in [3.63, 3.8) is 0 Å². The van der Waals surface area contributed by atoms with Crippen LogP contribution in [-0.2, 0) is 10.0 Å². The van der Waals surface area contributed by atoms with Gasteiger partial charge in [0.15, 0.2) is 0 Å². The lowest BCUT2D eigenvalue weighted by Gasteiger charge is -2.11. The van der Waals surface area contributed by atoms with Gasteiger partial charge in [-0.05, 0) is 37.9 Å². The average molecular weight is 438 g/mol. The number of ether oxygens (including phenoxy) is 1. The first-order valence-corrected chi connectivity index (χ1v) is 8.35. The third-order valence-corrected chi connectivity index (χ3v) is 5.55. The number of sulfonamides is 1. The van der Waals surface area contributed by atoms with E-state index in [1.165, 1.54) is 7.11 Å². The standard InChI is InChI=1S/C8H8Br3NO3S/c1-15-8-3-7(5(10)2-6(8)11)12-16(13,14)4-9/h2-3,12H,4H2,1H3. The van der Waals surface area contributed by atoms with E-state index >= 15 is 0 Å². The third-order valence-electron chi connectivity index (χ3n) is 1.65. The SMILES string of the molecule is COc1cc(NS(=O)(=O)CBr)c(Br)cc1Br. The first kappa shape index (κ1) is 14.3. The Hall–Kier alpha value is 0.210. The Morgan fingerprint density at radius 3 is 2.44 bits per heavy atom. The predicted octanol–water partition coefficient (Wildman–Crippen LogP) is 3.31. The molecule has 1 aromatic carbocycles. The number of alkyl halides is 1. The first-order chi connectivity index (χ1) is 7.39. The smallest absolute Gasteiger partial charge is 0.242 e. The highest BCUT2D eigenvalue weighted by molar-refractivity contribution is 9.11.